The minimum absolute atomic E-state index is 0.0257. The monoisotopic (exact) mass is 592 g/mol. The number of likely N-dealkylation sites (N-methyl/N-ethyl adjacent to an activating group) is 1. The standard InChI is InChI=1S/C31H36N4O6S/c1-3-22-6-5-7-25-23(20-33(30(22)25)21-29(36)32-10-14-40-15-11-32)18-27-26-19-24(8-9-28(26)35(4-2)31(27)37)42(38,39)34-12-16-41-17-13-34/h5-9,18-20H,3-4,10-17,21H2,1-2H3/b27-18-. The fraction of sp³-hybridized carbons (Fsp3) is 0.419. The minimum atomic E-state index is -3.74. The van der Waals surface area contributed by atoms with E-state index >= 15 is 0 Å². The van der Waals surface area contributed by atoms with Crippen LogP contribution in [-0.4, -0.2) is 93.2 Å². The number of amides is 2. The summed E-state index contributed by atoms with van der Waals surface area (Å²) in [6.07, 6.45) is 4.57. The number of aryl methyl sites for hydroxylation is 1. The molecule has 2 aromatic carbocycles. The number of carbonyl (C=O) groups is 2. The highest BCUT2D eigenvalue weighted by Crippen LogP contribution is 2.40. The minimum Gasteiger partial charge on any atom is -0.379 e. The first-order valence-corrected chi connectivity index (χ1v) is 16.0. The molecule has 0 bridgehead atoms. The molecule has 222 valence electrons. The first-order valence-electron chi connectivity index (χ1n) is 14.6. The van der Waals surface area contributed by atoms with Gasteiger partial charge >= 0.3 is 0 Å². The second kappa shape index (κ2) is 11.6. The maximum atomic E-state index is 13.7. The Morgan fingerprint density at radius 1 is 0.976 bits per heavy atom. The van der Waals surface area contributed by atoms with E-state index in [4.69, 9.17) is 9.47 Å². The highest BCUT2D eigenvalue weighted by Gasteiger charge is 2.34. The number of anilines is 1. The number of hydrogen-bond acceptors (Lipinski definition) is 6. The molecule has 11 heteroatoms. The molecule has 1 aromatic heterocycles. The Morgan fingerprint density at radius 3 is 2.38 bits per heavy atom. The lowest BCUT2D eigenvalue weighted by atomic mass is 10.0. The SMILES string of the molecule is CCc1cccc2c(/C=C3\C(=O)N(CC)c4ccc(S(=O)(=O)N5CCOCC5)cc43)cn(CC(=O)N3CCOCC3)c12. The molecular formula is C31H36N4O6S. The van der Waals surface area contributed by atoms with Crippen molar-refractivity contribution in [2.24, 2.45) is 0 Å². The number of nitrogens with zero attached hydrogens (tertiary/aromatic N) is 4. The number of rotatable bonds is 7. The van der Waals surface area contributed by atoms with E-state index in [9.17, 15) is 18.0 Å². The van der Waals surface area contributed by atoms with Gasteiger partial charge in [0, 0.05) is 61.0 Å². The number of ether oxygens (including phenoxy) is 2. The molecule has 0 saturated carbocycles. The number of aromatic nitrogens is 1. The van der Waals surface area contributed by atoms with E-state index in [1.165, 1.54) is 4.31 Å². The van der Waals surface area contributed by atoms with E-state index in [0.29, 0.717) is 76.0 Å². The molecule has 0 spiro atoms. The summed E-state index contributed by atoms with van der Waals surface area (Å²) in [5, 5.41) is 0.943. The average Bonchev–Trinajstić information content (AvgIpc) is 3.51. The lowest BCUT2D eigenvalue weighted by Gasteiger charge is -2.27. The quantitative estimate of drug-likeness (QED) is 0.391. The van der Waals surface area contributed by atoms with Crippen LogP contribution in [0.2, 0.25) is 0 Å². The van der Waals surface area contributed by atoms with Crippen LogP contribution in [0.5, 0.6) is 0 Å². The number of carbonyl (C=O) groups excluding carboxylic acids is 2. The summed E-state index contributed by atoms with van der Waals surface area (Å²) in [5.74, 6) is -0.150. The molecule has 42 heavy (non-hydrogen) atoms. The third-order valence-corrected chi connectivity index (χ3v) is 10.2. The first-order chi connectivity index (χ1) is 20.3. The second-order valence-corrected chi connectivity index (χ2v) is 12.6. The summed E-state index contributed by atoms with van der Waals surface area (Å²) in [4.78, 5) is 30.6. The van der Waals surface area contributed by atoms with Crippen molar-refractivity contribution >= 4 is 50.1 Å². The zero-order valence-electron chi connectivity index (χ0n) is 24.0. The van der Waals surface area contributed by atoms with Gasteiger partial charge in [-0.1, -0.05) is 25.1 Å². The zero-order valence-corrected chi connectivity index (χ0v) is 24.9. The fourth-order valence-electron chi connectivity index (χ4n) is 6.09. The van der Waals surface area contributed by atoms with Crippen molar-refractivity contribution in [1.82, 2.24) is 13.8 Å². The number of benzene rings is 2. The van der Waals surface area contributed by atoms with Crippen LogP contribution in [-0.2, 0) is 42.1 Å². The zero-order chi connectivity index (χ0) is 29.4. The van der Waals surface area contributed by atoms with Crippen molar-refractivity contribution in [3.63, 3.8) is 0 Å². The maximum Gasteiger partial charge on any atom is 0.258 e. The summed E-state index contributed by atoms with van der Waals surface area (Å²) in [6.45, 7) is 8.15. The van der Waals surface area contributed by atoms with Gasteiger partial charge in [0.15, 0.2) is 0 Å². The molecule has 4 heterocycles. The predicted molar refractivity (Wildman–Crippen MR) is 161 cm³/mol. The molecule has 3 aliphatic rings. The summed E-state index contributed by atoms with van der Waals surface area (Å²) >= 11 is 0. The molecule has 2 amide bonds. The molecule has 2 fully saturated rings. The topological polar surface area (TPSA) is 101 Å². The van der Waals surface area contributed by atoms with E-state index in [0.717, 1.165) is 28.5 Å². The molecule has 0 atom stereocenters. The Hall–Kier alpha value is -3.51. The highest BCUT2D eigenvalue weighted by molar-refractivity contribution is 7.89. The molecule has 0 N–H and O–H groups in total. The summed E-state index contributed by atoms with van der Waals surface area (Å²) in [5.41, 5.74) is 4.60. The lowest BCUT2D eigenvalue weighted by Crippen LogP contribution is -2.42. The van der Waals surface area contributed by atoms with Crippen LogP contribution < -0.4 is 4.90 Å². The van der Waals surface area contributed by atoms with Crippen LogP contribution >= 0.6 is 0 Å². The highest BCUT2D eigenvalue weighted by atomic mass is 32.2. The molecule has 3 aliphatic heterocycles. The fourth-order valence-corrected chi connectivity index (χ4v) is 7.53. The van der Waals surface area contributed by atoms with Crippen molar-refractivity contribution < 1.29 is 27.5 Å². The molecule has 0 aliphatic carbocycles. The normalized spacial score (nSPS) is 19.2. The molecule has 6 rings (SSSR count). The van der Waals surface area contributed by atoms with Gasteiger partial charge in [0.1, 0.15) is 6.54 Å². The maximum absolute atomic E-state index is 13.7. The second-order valence-electron chi connectivity index (χ2n) is 10.7. The van der Waals surface area contributed by atoms with E-state index in [-0.39, 0.29) is 23.3 Å². The van der Waals surface area contributed by atoms with Gasteiger partial charge in [-0.3, -0.25) is 9.59 Å². The Morgan fingerprint density at radius 2 is 1.69 bits per heavy atom. The van der Waals surface area contributed by atoms with Crippen molar-refractivity contribution in [2.75, 3.05) is 64.1 Å². The first kappa shape index (κ1) is 28.6. The van der Waals surface area contributed by atoms with Gasteiger partial charge in [0.25, 0.3) is 5.91 Å². The van der Waals surface area contributed by atoms with Gasteiger partial charge in [-0.05, 0) is 43.2 Å². The third-order valence-electron chi connectivity index (χ3n) is 8.31. The Balaban J connectivity index is 1.44. The van der Waals surface area contributed by atoms with Crippen molar-refractivity contribution in [3.8, 4) is 0 Å². The molecule has 10 nitrogen and oxygen atoms in total. The molecule has 2 saturated heterocycles. The molecular weight excluding hydrogens is 556 g/mol. The van der Waals surface area contributed by atoms with Crippen LogP contribution in [0.25, 0.3) is 22.6 Å². The number of sulfonamides is 1. The van der Waals surface area contributed by atoms with Crippen molar-refractivity contribution in [3.05, 3.63) is 59.3 Å². The van der Waals surface area contributed by atoms with Crippen LogP contribution in [0.15, 0.2) is 47.5 Å². The van der Waals surface area contributed by atoms with Crippen LogP contribution in [0.4, 0.5) is 5.69 Å². The number of morpholine rings is 2. The van der Waals surface area contributed by atoms with Gasteiger partial charge in [-0.15, -0.1) is 0 Å². The van der Waals surface area contributed by atoms with Gasteiger partial charge in [0.05, 0.1) is 42.5 Å². The summed E-state index contributed by atoms with van der Waals surface area (Å²) < 4.78 is 41.1. The smallest absolute Gasteiger partial charge is 0.258 e. The number of hydrogen-bond donors (Lipinski definition) is 0. The lowest BCUT2D eigenvalue weighted by molar-refractivity contribution is -0.135. The van der Waals surface area contributed by atoms with Crippen molar-refractivity contribution in [1.29, 1.82) is 0 Å². The van der Waals surface area contributed by atoms with Gasteiger partial charge in [-0.2, -0.15) is 4.31 Å². The van der Waals surface area contributed by atoms with Crippen LogP contribution in [0.3, 0.4) is 0 Å². The van der Waals surface area contributed by atoms with E-state index < -0.39 is 10.0 Å². The van der Waals surface area contributed by atoms with Gasteiger partial charge < -0.3 is 23.8 Å². The Bertz CT molecular complexity index is 1670. The number of fused-ring (bicyclic) bond motifs is 2. The average molecular weight is 593 g/mol. The third kappa shape index (κ3) is 5.04. The van der Waals surface area contributed by atoms with Crippen LogP contribution in [0.1, 0.15) is 30.5 Å². The van der Waals surface area contributed by atoms with E-state index in [1.807, 2.05) is 40.8 Å². The molecule has 0 radical (unpaired) electrons. The molecule has 0 unspecified atom stereocenters. The Kier molecular flexibility index (Phi) is 7.93. The van der Waals surface area contributed by atoms with E-state index in [2.05, 4.69) is 13.0 Å². The van der Waals surface area contributed by atoms with Gasteiger partial charge in [-0.25, -0.2) is 8.42 Å². The number of para-hydroxylation sites is 1. The van der Waals surface area contributed by atoms with E-state index in [1.54, 1.807) is 23.1 Å². The van der Waals surface area contributed by atoms with Crippen molar-refractivity contribution in [2.45, 2.75) is 31.7 Å². The molecule has 3 aromatic rings. The predicted octanol–water partition coefficient (Wildman–Crippen LogP) is 2.99. The Labute approximate surface area is 246 Å². The largest absolute Gasteiger partial charge is 0.379 e. The summed E-state index contributed by atoms with van der Waals surface area (Å²) in [7, 11) is -3.74. The van der Waals surface area contributed by atoms with Gasteiger partial charge in [0.2, 0.25) is 15.9 Å². The van der Waals surface area contributed by atoms with Crippen LogP contribution in [0, 0.1) is 0 Å². The summed E-state index contributed by atoms with van der Waals surface area (Å²) in [6, 6.07) is 11.0.